The monoisotopic (exact) mass is 526 g/mol. The minimum atomic E-state index is -4.00. The second-order valence-corrected chi connectivity index (χ2v) is 11.1. The first-order chi connectivity index (χ1) is 17.5. The number of para-hydroxylation sites is 1. The molecule has 0 fully saturated rings. The van der Waals surface area contributed by atoms with Gasteiger partial charge in [0.15, 0.2) is 9.84 Å². The summed E-state index contributed by atoms with van der Waals surface area (Å²) in [4.78, 5) is 30.4. The van der Waals surface area contributed by atoms with Crippen molar-refractivity contribution in [1.82, 2.24) is 10.8 Å². The number of sulfone groups is 1. The van der Waals surface area contributed by atoms with Crippen LogP contribution in [0.15, 0.2) is 89.8 Å². The highest BCUT2D eigenvalue weighted by Gasteiger charge is 2.30. The van der Waals surface area contributed by atoms with E-state index in [0.717, 1.165) is 5.56 Å². The lowest BCUT2D eigenvalue weighted by Gasteiger charge is -2.23. The maximum atomic E-state index is 13.1. The molecule has 3 rings (SSSR count). The molecular formula is C27H30N2O7S. The van der Waals surface area contributed by atoms with Gasteiger partial charge in [0.25, 0.3) is 5.91 Å². The quantitative estimate of drug-likeness (QED) is 0.376. The lowest BCUT2D eigenvalue weighted by Crippen LogP contribution is -2.51. The molecule has 0 radical (unpaired) electrons. The summed E-state index contributed by atoms with van der Waals surface area (Å²) in [5.74, 6) is -0.502. The second kappa shape index (κ2) is 12.4. The fourth-order valence-electron chi connectivity index (χ4n) is 3.02. The summed E-state index contributed by atoms with van der Waals surface area (Å²) in [6.07, 6.45) is -0.943. The molecule has 9 nitrogen and oxygen atoms in total. The van der Waals surface area contributed by atoms with Gasteiger partial charge in [0.1, 0.15) is 24.1 Å². The molecule has 2 N–H and O–H groups in total. The van der Waals surface area contributed by atoms with Crippen LogP contribution in [0.4, 0.5) is 4.79 Å². The molecule has 0 bridgehead atoms. The van der Waals surface area contributed by atoms with Crippen LogP contribution < -0.4 is 15.5 Å². The number of hydrogen-bond acceptors (Lipinski definition) is 7. The van der Waals surface area contributed by atoms with Gasteiger partial charge in [-0.3, -0.25) is 9.63 Å². The summed E-state index contributed by atoms with van der Waals surface area (Å²) in [6, 6.07) is 22.3. The summed E-state index contributed by atoms with van der Waals surface area (Å²) in [6.45, 7) is 5.08. The number of benzene rings is 3. The Morgan fingerprint density at radius 3 is 2.00 bits per heavy atom. The van der Waals surface area contributed by atoms with E-state index < -0.39 is 39.2 Å². The van der Waals surface area contributed by atoms with E-state index in [4.69, 9.17) is 14.3 Å². The highest BCUT2D eigenvalue weighted by Crippen LogP contribution is 2.23. The highest BCUT2D eigenvalue weighted by molar-refractivity contribution is 7.91. The first-order valence-corrected chi connectivity index (χ1v) is 13.2. The number of amides is 2. The van der Waals surface area contributed by atoms with Gasteiger partial charge in [-0.1, -0.05) is 48.5 Å². The zero-order valence-corrected chi connectivity index (χ0v) is 21.7. The van der Waals surface area contributed by atoms with E-state index in [9.17, 15) is 18.0 Å². The van der Waals surface area contributed by atoms with Crippen LogP contribution in [0, 0.1) is 0 Å². The third-order valence-corrected chi connectivity index (χ3v) is 6.59. The van der Waals surface area contributed by atoms with Crippen LogP contribution in [0.5, 0.6) is 11.5 Å². The summed E-state index contributed by atoms with van der Waals surface area (Å²) in [7, 11) is -4.00. The number of ether oxygens (including phenoxy) is 2. The molecule has 10 heteroatoms. The molecule has 0 saturated carbocycles. The third-order valence-electron chi connectivity index (χ3n) is 4.83. The Labute approximate surface area is 216 Å². The van der Waals surface area contributed by atoms with Crippen molar-refractivity contribution in [3.05, 3.63) is 90.5 Å². The van der Waals surface area contributed by atoms with Gasteiger partial charge < -0.3 is 14.8 Å². The van der Waals surface area contributed by atoms with Crippen molar-refractivity contribution in [2.45, 2.75) is 43.9 Å². The number of rotatable bonds is 10. The molecule has 37 heavy (non-hydrogen) atoms. The summed E-state index contributed by atoms with van der Waals surface area (Å²) in [5, 5.41) is 2.34. The van der Waals surface area contributed by atoms with Gasteiger partial charge in [-0.15, -0.1) is 0 Å². The summed E-state index contributed by atoms with van der Waals surface area (Å²) >= 11 is 0. The topological polar surface area (TPSA) is 120 Å². The van der Waals surface area contributed by atoms with E-state index in [1.54, 1.807) is 57.2 Å². The Morgan fingerprint density at radius 1 is 0.838 bits per heavy atom. The fourth-order valence-corrected chi connectivity index (χ4v) is 4.44. The van der Waals surface area contributed by atoms with Gasteiger partial charge in [-0.05, 0) is 62.7 Å². The SMILES string of the molecule is CC(C)(C)ONC(=O)[C@H](CS(=O)(=O)c1ccc(Oc2ccccc2)cc1)NC(=O)OCc1ccccc1. The molecule has 196 valence electrons. The van der Waals surface area contributed by atoms with Crippen molar-refractivity contribution in [3.63, 3.8) is 0 Å². The highest BCUT2D eigenvalue weighted by atomic mass is 32.2. The molecule has 1 atom stereocenters. The molecule has 3 aromatic carbocycles. The van der Waals surface area contributed by atoms with Crippen molar-refractivity contribution >= 4 is 21.8 Å². The van der Waals surface area contributed by atoms with E-state index >= 15 is 0 Å². The molecule has 3 aromatic rings. The smallest absolute Gasteiger partial charge is 0.408 e. The zero-order chi connectivity index (χ0) is 26.9. The number of carbonyl (C=O) groups is 2. The minimum Gasteiger partial charge on any atom is -0.457 e. The van der Waals surface area contributed by atoms with Crippen LogP contribution >= 0.6 is 0 Å². The van der Waals surface area contributed by atoms with Crippen molar-refractivity contribution in [3.8, 4) is 11.5 Å². The molecule has 0 heterocycles. The standard InChI is InChI=1S/C27H30N2O7S/c1-27(2,3)36-29-25(30)24(28-26(31)34-18-20-10-6-4-7-11-20)19-37(32,33)23-16-14-22(15-17-23)35-21-12-8-5-9-13-21/h4-17,24H,18-19H2,1-3H3,(H,28,31)(H,29,30)/t24-/m0/s1. The minimum absolute atomic E-state index is 0.0399. The lowest BCUT2D eigenvalue weighted by atomic mass is 10.2. The Hall–Kier alpha value is -3.89. The molecule has 0 spiro atoms. The van der Waals surface area contributed by atoms with E-state index in [2.05, 4.69) is 10.8 Å². The van der Waals surface area contributed by atoms with E-state index in [-0.39, 0.29) is 11.5 Å². The molecule has 0 unspecified atom stereocenters. The van der Waals surface area contributed by atoms with Crippen LogP contribution in [-0.4, -0.2) is 37.8 Å². The number of alkyl carbamates (subject to hydrolysis) is 1. The molecule has 0 aliphatic heterocycles. The average molecular weight is 527 g/mol. The van der Waals surface area contributed by atoms with E-state index in [0.29, 0.717) is 11.5 Å². The molecule has 0 aliphatic carbocycles. The van der Waals surface area contributed by atoms with Crippen LogP contribution in [-0.2, 0) is 30.8 Å². The number of carbonyl (C=O) groups excluding carboxylic acids is 2. The van der Waals surface area contributed by atoms with Crippen LogP contribution in [0.25, 0.3) is 0 Å². The number of hydroxylamine groups is 1. The van der Waals surface area contributed by atoms with E-state index in [1.165, 1.54) is 24.3 Å². The molecule has 2 amide bonds. The van der Waals surface area contributed by atoms with Gasteiger partial charge in [0, 0.05) is 0 Å². The van der Waals surface area contributed by atoms with Gasteiger partial charge in [-0.2, -0.15) is 0 Å². The van der Waals surface area contributed by atoms with Crippen molar-refractivity contribution in [2.75, 3.05) is 5.75 Å². The molecular weight excluding hydrogens is 496 g/mol. The summed E-state index contributed by atoms with van der Waals surface area (Å²) < 4.78 is 37.1. The van der Waals surface area contributed by atoms with Crippen molar-refractivity contribution < 1.29 is 32.3 Å². The lowest BCUT2D eigenvalue weighted by molar-refractivity contribution is -0.147. The predicted octanol–water partition coefficient (Wildman–Crippen LogP) is 4.39. The normalized spacial score (nSPS) is 12.3. The van der Waals surface area contributed by atoms with Gasteiger partial charge in [-0.25, -0.2) is 18.7 Å². The third kappa shape index (κ3) is 9.25. The largest absolute Gasteiger partial charge is 0.457 e. The Balaban J connectivity index is 1.70. The van der Waals surface area contributed by atoms with Crippen LogP contribution in [0.2, 0.25) is 0 Å². The van der Waals surface area contributed by atoms with Gasteiger partial charge in [0.05, 0.1) is 16.2 Å². The number of nitrogens with one attached hydrogen (secondary N) is 2. The van der Waals surface area contributed by atoms with Crippen LogP contribution in [0.1, 0.15) is 26.3 Å². The maximum Gasteiger partial charge on any atom is 0.408 e. The molecule has 0 aliphatic rings. The maximum absolute atomic E-state index is 13.1. The Kier molecular flexibility index (Phi) is 9.26. The fraction of sp³-hybridized carbons (Fsp3) is 0.259. The van der Waals surface area contributed by atoms with Crippen molar-refractivity contribution in [2.24, 2.45) is 0 Å². The second-order valence-electron chi connectivity index (χ2n) is 9.11. The van der Waals surface area contributed by atoms with Gasteiger partial charge in [0.2, 0.25) is 0 Å². The first-order valence-electron chi connectivity index (χ1n) is 11.5. The molecule has 0 saturated heterocycles. The van der Waals surface area contributed by atoms with Crippen LogP contribution in [0.3, 0.4) is 0 Å². The van der Waals surface area contributed by atoms with Crippen molar-refractivity contribution in [1.29, 1.82) is 0 Å². The average Bonchev–Trinajstić information content (AvgIpc) is 2.86. The van der Waals surface area contributed by atoms with Gasteiger partial charge >= 0.3 is 6.09 Å². The summed E-state index contributed by atoms with van der Waals surface area (Å²) in [5.41, 5.74) is 2.22. The Bertz CT molecular complexity index is 1270. The predicted molar refractivity (Wildman–Crippen MR) is 138 cm³/mol. The van der Waals surface area contributed by atoms with E-state index in [1.807, 2.05) is 24.3 Å². The first kappa shape index (κ1) is 27.7. The molecule has 0 aromatic heterocycles. The Morgan fingerprint density at radius 2 is 1.41 bits per heavy atom. The zero-order valence-electron chi connectivity index (χ0n) is 20.8. The number of hydrogen-bond donors (Lipinski definition) is 2.